The van der Waals surface area contributed by atoms with Crippen LogP contribution in [0.2, 0.25) is 0 Å². The normalized spacial score (nSPS) is 13.9. The minimum absolute atomic E-state index is 0.0320. The fourth-order valence-electron chi connectivity index (χ4n) is 3.35. The molecule has 0 unspecified atom stereocenters. The molecule has 30 heavy (non-hydrogen) atoms. The molecular formula is C24H18F2N2O2. The van der Waals surface area contributed by atoms with Gasteiger partial charge in [0.2, 0.25) is 0 Å². The summed E-state index contributed by atoms with van der Waals surface area (Å²) in [7, 11) is 0. The maximum Gasteiger partial charge on any atom is 0.282 e. The Labute approximate surface area is 172 Å². The van der Waals surface area contributed by atoms with E-state index in [2.05, 4.69) is 5.32 Å². The van der Waals surface area contributed by atoms with Crippen molar-refractivity contribution in [3.8, 4) is 0 Å². The van der Waals surface area contributed by atoms with Gasteiger partial charge in [-0.3, -0.25) is 9.59 Å². The standard InChI is InChI=1S/C24H18F2N2O2/c1-2-15-8-10-17(11-9-15)27-22-21(16-6-4-3-5-7-16)23(29)28(24(22)30)18-12-13-19(25)20(26)14-18/h3-14,27H,2H2,1H3. The van der Waals surface area contributed by atoms with E-state index >= 15 is 0 Å². The summed E-state index contributed by atoms with van der Waals surface area (Å²) in [6, 6.07) is 19.2. The number of carbonyl (C=O) groups excluding carboxylic acids is 2. The zero-order valence-electron chi connectivity index (χ0n) is 16.2. The summed E-state index contributed by atoms with van der Waals surface area (Å²) >= 11 is 0. The Kier molecular flexibility index (Phi) is 5.14. The average molecular weight is 404 g/mol. The van der Waals surface area contributed by atoms with Gasteiger partial charge in [0.25, 0.3) is 11.8 Å². The van der Waals surface area contributed by atoms with E-state index in [4.69, 9.17) is 0 Å². The van der Waals surface area contributed by atoms with Gasteiger partial charge in [-0.25, -0.2) is 13.7 Å². The topological polar surface area (TPSA) is 49.4 Å². The number of hydrogen-bond donors (Lipinski definition) is 1. The lowest BCUT2D eigenvalue weighted by molar-refractivity contribution is -0.120. The first-order valence-corrected chi connectivity index (χ1v) is 9.49. The maximum absolute atomic E-state index is 13.8. The lowest BCUT2D eigenvalue weighted by atomic mass is 10.0. The minimum atomic E-state index is -1.13. The van der Waals surface area contributed by atoms with Crippen molar-refractivity contribution < 1.29 is 18.4 Å². The van der Waals surface area contributed by atoms with Crippen molar-refractivity contribution in [2.24, 2.45) is 0 Å². The van der Waals surface area contributed by atoms with Crippen LogP contribution >= 0.6 is 0 Å². The number of hydrogen-bond acceptors (Lipinski definition) is 3. The zero-order valence-corrected chi connectivity index (χ0v) is 16.2. The van der Waals surface area contributed by atoms with E-state index in [1.807, 2.05) is 31.2 Å². The molecule has 0 saturated carbocycles. The summed E-state index contributed by atoms with van der Waals surface area (Å²) < 4.78 is 27.1. The minimum Gasteiger partial charge on any atom is -0.350 e. The molecule has 4 nitrogen and oxygen atoms in total. The molecule has 150 valence electrons. The van der Waals surface area contributed by atoms with Crippen LogP contribution < -0.4 is 10.2 Å². The predicted molar refractivity (Wildman–Crippen MR) is 112 cm³/mol. The van der Waals surface area contributed by atoms with E-state index in [0.29, 0.717) is 11.3 Å². The predicted octanol–water partition coefficient (Wildman–Crippen LogP) is 4.92. The summed E-state index contributed by atoms with van der Waals surface area (Å²) in [5.74, 6) is -3.43. The molecule has 0 spiro atoms. The van der Waals surface area contributed by atoms with E-state index in [1.54, 1.807) is 30.3 Å². The summed E-state index contributed by atoms with van der Waals surface area (Å²) in [6.07, 6.45) is 0.875. The molecule has 0 saturated heterocycles. The summed E-state index contributed by atoms with van der Waals surface area (Å²) in [6.45, 7) is 2.04. The first-order valence-electron chi connectivity index (χ1n) is 9.49. The van der Waals surface area contributed by atoms with Crippen LogP contribution in [0, 0.1) is 11.6 Å². The van der Waals surface area contributed by atoms with Gasteiger partial charge in [0.1, 0.15) is 5.70 Å². The third-order valence-electron chi connectivity index (χ3n) is 4.94. The van der Waals surface area contributed by atoms with Gasteiger partial charge in [-0.1, -0.05) is 49.4 Å². The van der Waals surface area contributed by atoms with E-state index in [-0.39, 0.29) is 17.0 Å². The van der Waals surface area contributed by atoms with Crippen molar-refractivity contribution >= 4 is 28.8 Å². The number of carbonyl (C=O) groups is 2. The van der Waals surface area contributed by atoms with Crippen LogP contribution in [0.15, 0.2) is 78.5 Å². The van der Waals surface area contributed by atoms with E-state index in [0.717, 1.165) is 29.0 Å². The molecule has 0 bridgehead atoms. The monoisotopic (exact) mass is 404 g/mol. The highest BCUT2D eigenvalue weighted by Gasteiger charge is 2.40. The van der Waals surface area contributed by atoms with Crippen molar-refractivity contribution in [3.63, 3.8) is 0 Å². The highest BCUT2D eigenvalue weighted by molar-refractivity contribution is 6.46. The Hall–Kier alpha value is -3.80. The number of halogens is 2. The smallest absolute Gasteiger partial charge is 0.282 e. The maximum atomic E-state index is 13.8. The molecule has 2 amide bonds. The average Bonchev–Trinajstić information content (AvgIpc) is 3.01. The van der Waals surface area contributed by atoms with Crippen LogP contribution in [0.25, 0.3) is 5.57 Å². The quantitative estimate of drug-likeness (QED) is 0.614. The molecule has 1 heterocycles. The van der Waals surface area contributed by atoms with E-state index < -0.39 is 23.4 Å². The van der Waals surface area contributed by atoms with Crippen LogP contribution in [-0.2, 0) is 16.0 Å². The van der Waals surface area contributed by atoms with Gasteiger partial charge in [-0.15, -0.1) is 0 Å². The highest BCUT2D eigenvalue weighted by Crippen LogP contribution is 2.34. The second-order valence-electron chi connectivity index (χ2n) is 6.84. The lowest BCUT2D eigenvalue weighted by Gasteiger charge is -2.15. The number of rotatable bonds is 5. The van der Waals surface area contributed by atoms with Crippen LogP contribution in [0.5, 0.6) is 0 Å². The molecule has 1 aliphatic heterocycles. The van der Waals surface area contributed by atoms with E-state index in [1.165, 1.54) is 6.07 Å². The lowest BCUT2D eigenvalue weighted by Crippen LogP contribution is -2.32. The molecule has 0 atom stereocenters. The Morgan fingerprint density at radius 3 is 2.17 bits per heavy atom. The number of imide groups is 1. The van der Waals surface area contributed by atoms with Gasteiger partial charge in [0.15, 0.2) is 11.6 Å². The molecule has 0 aromatic heterocycles. The molecule has 1 N–H and O–H groups in total. The molecule has 0 aliphatic carbocycles. The molecule has 3 aromatic carbocycles. The largest absolute Gasteiger partial charge is 0.350 e. The van der Waals surface area contributed by atoms with Gasteiger partial charge in [0.05, 0.1) is 11.3 Å². The summed E-state index contributed by atoms with van der Waals surface area (Å²) in [5.41, 5.74) is 2.55. The fourth-order valence-corrected chi connectivity index (χ4v) is 3.35. The van der Waals surface area contributed by atoms with Gasteiger partial charge in [-0.05, 0) is 41.8 Å². The van der Waals surface area contributed by atoms with Crippen molar-refractivity contribution in [1.82, 2.24) is 0 Å². The van der Waals surface area contributed by atoms with E-state index in [9.17, 15) is 18.4 Å². The van der Waals surface area contributed by atoms with Gasteiger partial charge in [0, 0.05) is 11.8 Å². The third kappa shape index (κ3) is 3.48. The molecule has 4 rings (SSSR count). The molecule has 0 fully saturated rings. The second kappa shape index (κ2) is 7.91. The molecule has 1 aliphatic rings. The first-order chi connectivity index (χ1) is 14.5. The van der Waals surface area contributed by atoms with Gasteiger partial charge in [-0.2, -0.15) is 0 Å². The number of aryl methyl sites for hydroxylation is 1. The summed E-state index contributed by atoms with van der Waals surface area (Å²) in [5, 5.41) is 3.05. The number of anilines is 2. The van der Waals surface area contributed by atoms with Crippen molar-refractivity contribution in [3.05, 3.63) is 101 Å². The molecular weight excluding hydrogens is 386 g/mol. The summed E-state index contributed by atoms with van der Waals surface area (Å²) in [4.78, 5) is 27.3. The number of nitrogens with one attached hydrogen (secondary N) is 1. The second-order valence-corrected chi connectivity index (χ2v) is 6.84. The zero-order chi connectivity index (χ0) is 21.3. The molecule has 6 heteroatoms. The van der Waals surface area contributed by atoms with Crippen molar-refractivity contribution in [2.75, 3.05) is 10.2 Å². The Balaban J connectivity index is 1.79. The van der Waals surface area contributed by atoms with Crippen LogP contribution in [0.1, 0.15) is 18.1 Å². The van der Waals surface area contributed by atoms with Crippen molar-refractivity contribution in [2.45, 2.75) is 13.3 Å². The van der Waals surface area contributed by atoms with Gasteiger partial charge >= 0.3 is 0 Å². The molecule has 3 aromatic rings. The van der Waals surface area contributed by atoms with Crippen molar-refractivity contribution in [1.29, 1.82) is 0 Å². The highest BCUT2D eigenvalue weighted by atomic mass is 19.2. The van der Waals surface area contributed by atoms with Gasteiger partial charge < -0.3 is 5.32 Å². The van der Waals surface area contributed by atoms with Crippen LogP contribution in [0.3, 0.4) is 0 Å². The third-order valence-corrected chi connectivity index (χ3v) is 4.94. The Morgan fingerprint density at radius 2 is 1.53 bits per heavy atom. The Bertz CT molecular complexity index is 1160. The number of benzene rings is 3. The first kappa shape index (κ1) is 19.5. The van der Waals surface area contributed by atoms with Crippen LogP contribution in [0.4, 0.5) is 20.2 Å². The molecule has 0 radical (unpaired) electrons. The SMILES string of the molecule is CCc1ccc(NC2=C(c3ccccc3)C(=O)N(c3ccc(F)c(F)c3)C2=O)cc1. The van der Waals surface area contributed by atoms with Crippen LogP contribution in [-0.4, -0.2) is 11.8 Å². The number of amides is 2. The fraction of sp³-hybridized carbons (Fsp3) is 0.0833. The number of nitrogens with zero attached hydrogens (tertiary/aromatic N) is 1. The Morgan fingerprint density at radius 1 is 0.833 bits per heavy atom.